The summed E-state index contributed by atoms with van der Waals surface area (Å²) in [6.07, 6.45) is 4.82. The fourth-order valence-electron chi connectivity index (χ4n) is 3.86. The minimum atomic E-state index is -0.830. The monoisotopic (exact) mass is 482 g/mol. The molecule has 1 unspecified atom stereocenters. The van der Waals surface area contributed by atoms with E-state index in [1.807, 2.05) is 61.7 Å². The van der Waals surface area contributed by atoms with Gasteiger partial charge in [-0.2, -0.15) is 0 Å². The zero-order valence-electron chi connectivity index (χ0n) is 19.6. The molecule has 1 heterocycles. The van der Waals surface area contributed by atoms with Gasteiger partial charge >= 0.3 is 0 Å². The van der Waals surface area contributed by atoms with Gasteiger partial charge in [0.1, 0.15) is 6.04 Å². The van der Waals surface area contributed by atoms with E-state index in [0.29, 0.717) is 23.2 Å². The second-order valence-corrected chi connectivity index (χ2v) is 8.33. The number of aromatic nitrogens is 1. The first kappa shape index (κ1) is 24.4. The van der Waals surface area contributed by atoms with Crippen LogP contribution in [-0.2, 0) is 16.0 Å². The number of anilines is 1. The van der Waals surface area contributed by atoms with E-state index in [9.17, 15) is 14.4 Å². The molecule has 5 N–H and O–H groups in total. The van der Waals surface area contributed by atoms with Crippen LogP contribution in [0.5, 0.6) is 0 Å². The average molecular weight is 483 g/mol. The van der Waals surface area contributed by atoms with Crippen LogP contribution in [0.2, 0.25) is 0 Å². The van der Waals surface area contributed by atoms with Crippen molar-refractivity contribution in [3.63, 3.8) is 0 Å². The molecule has 0 spiro atoms. The number of nitrogens with one attached hydrogen (secondary N) is 4. The van der Waals surface area contributed by atoms with Crippen molar-refractivity contribution in [2.75, 3.05) is 5.32 Å². The largest absolute Gasteiger partial charge is 0.361 e. The van der Waals surface area contributed by atoms with Crippen LogP contribution < -0.4 is 16.1 Å². The van der Waals surface area contributed by atoms with Gasteiger partial charge in [0.2, 0.25) is 5.91 Å². The summed E-state index contributed by atoms with van der Waals surface area (Å²) >= 11 is 0. The van der Waals surface area contributed by atoms with E-state index in [1.54, 1.807) is 24.3 Å². The SMILES string of the molecule is Cc1ccccc1NC(=O)C(Cc1c[nH]c2ccccc12)NC(=O)c1ccc(/C=C/C(=O)NO)cc1. The lowest BCUT2D eigenvalue weighted by Crippen LogP contribution is -2.45. The lowest BCUT2D eigenvalue weighted by Gasteiger charge is -2.19. The highest BCUT2D eigenvalue weighted by Gasteiger charge is 2.24. The van der Waals surface area contributed by atoms with Crippen molar-refractivity contribution >= 4 is 40.4 Å². The first-order valence-electron chi connectivity index (χ1n) is 11.4. The Morgan fingerprint density at radius 2 is 1.69 bits per heavy atom. The molecule has 8 nitrogen and oxygen atoms in total. The van der Waals surface area contributed by atoms with Crippen LogP contribution in [0.3, 0.4) is 0 Å². The number of carbonyl (C=O) groups is 3. The number of H-pyrrole nitrogens is 1. The van der Waals surface area contributed by atoms with Crippen LogP contribution in [-0.4, -0.2) is 34.0 Å². The van der Waals surface area contributed by atoms with Gasteiger partial charge in [-0.1, -0.05) is 48.5 Å². The summed E-state index contributed by atoms with van der Waals surface area (Å²) in [4.78, 5) is 40.8. The summed E-state index contributed by atoms with van der Waals surface area (Å²) in [7, 11) is 0. The molecule has 4 aromatic rings. The van der Waals surface area contributed by atoms with Crippen molar-refractivity contribution in [3.8, 4) is 0 Å². The quantitative estimate of drug-likeness (QED) is 0.148. The number of hydrogen-bond donors (Lipinski definition) is 5. The highest BCUT2D eigenvalue weighted by molar-refractivity contribution is 6.02. The summed E-state index contributed by atoms with van der Waals surface area (Å²) in [5.74, 6) is -1.38. The minimum Gasteiger partial charge on any atom is -0.361 e. The van der Waals surface area contributed by atoms with Gasteiger partial charge in [-0.05, 0) is 54.0 Å². The number of aryl methyl sites for hydroxylation is 1. The van der Waals surface area contributed by atoms with E-state index in [2.05, 4.69) is 15.6 Å². The van der Waals surface area contributed by atoms with Crippen molar-refractivity contribution in [3.05, 3.63) is 107 Å². The molecular formula is C28H26N4O4. The standard InChI is InChI=1S/C28H26N4O4/c1-18-6-2-4-8-23(18)30-28(35)25(16-21-17-29-24-9-5-3-7-22(21)24)31-27(34)20-13-10-19(11-14-20)12-15-26(33)32-36/h2-15,17,25,29,36H,16H2,1H3,(H,30,35)(H,31,34)(H,32,33)/b15-12+. The number of rotatable bonds is 8. The molecule has 0 aliphatic heterocycles. The van der Waals surface area contributed by atoms with E-state index in [4.69, 9.17) is 5.21 Å². The van der Waals surface area contributed by atoms with Crippen LogP contribution in [0.25, 0.3) is 17.0 Å². The van der Waals surface area contributed by atoms with Gasteiger partial charge in [0.25, 0.3) is 11.8 Å². The Kier molecular flexibility index (Phi) is 7.57. The van der Waals surface area contributed by atoms with Gasteiger partial charge in [-0.25, -0.2) is 5.48 Å². The number of hydroxylamine groups is 1. The molecule has 0 radical (unpaired) electrons. The summed E-state index contributed by atoms with van der Waals surface area (Å²) in [5.41, 5.74) is 6.02. The average Bonchev–Trinajstić information content (AvgIpc) is 3.31. The maximum atomic E-state index is 13.3. The Morgan fingerprint density at radius 1 is 0.972 bits per heavy atom. The fraction of sp³-hybridized carbons (Fsp3) is 0.107. The molecule has 0 fully saturated rings. The van der Waals surface area contributed by atoms with E-state index < -0.39 is 17.9 Å². The lowest BCUT2D eigenvalue weighted by atomic mass is 10.0. The van der Waals surface area contributed by atoms with Crippen molar-refractivity contribution in [1.82, 2.24) is 15.8 Å². The van der Waals surface area contributed by atoms with Gasteiger partial charge < -0.3 is 15.6 Å². The number of amides is 3. The van der Waals surface area contributed by atoms with Crippen LogP contribution >= 0.6 is 0 Å². The fourth-order valence-corrected chi connectivity index (χ4v) is 3.86. The number of para-hydroxylation sites is 2. The molecule has 1 aromatic heterocycles. The van der Waals surface area contributed by atoms with Crippen LogP contribution in [0.4, 0.5) is 5.69 Å². The zero-order chi connectivity index (χ0) is 25.5. The molecule has 3 amide bonds. The van der Waals surface area contributed by atoms with Gasteiger partial charge in [-0.15, -0.1) is 0 Å². The molecule has 3 aromatic carbocycles. The zero-order valence-corrected chi connectivity index (χ0v) is 19.6. The number of fused-ring (bicyclic) bond motifs is 1. The highest BCUT2D eigenvalue weighted by atomic mass is 16.5. The first-order valence-corrected chi connectivity index (χ1v) is 11.4. The smallest absolute Gasteiger partial charge is 0.267 e. The predicted molar refractivity (Wildman–Crippen MR) is 138 cm³/mol. The highest BCUT2D eigenvalue weighted by Crippen LogP contribution is 2.20. The van der Waals surface area contributed by atoms with Gasteiger partial charge in [0.05, 0.1) is 0 Å². The lowest BCUT2D eigenvalue weighted by molar-refractivity contribution is -0.124. The van der Waals surface area contributed by atoms with Crippen LogP contribution in [0.15, 0.2) is 85.1 Å². The third-order valence-electron chi connectivity index (χ3n) is 5.83. The Bertz CT molecular complexity index is 1420. The van der Waals surface area contributed by atoms with Gasteiger partial charge in [0.15, 0.2) is 0 Å². The molecule has 36 heavy (non-hydrogen) atoms. The summed E-state index contributed by atoms with van der Waals surface area (Å²) in [6.45, 7) is 1.91. The van der Waals surface area contributed by atoms with Gasteiger partial charge in [-0.3, -0.25) is 19.6 Å². The maximum Gasteiger partial charge on any atom is 0.267 e. The van der Waals surface area contributed by atoms with E-state index >= 15 is 0 Å². The number of aromatic amines is 1. The maximum absolute atomic E-state index is 13.3. The number of hydrogen-bond acceptors (Lipinski definition) is 4. The molecule has 182 valence electrons. The Balaban J connectivity index is 1.55. The summed E-state index contributed by atoms with van der Waals surface area (Å²) in [5, 5.41) is 15.4. The molecule has 0 aliphatic rings. The van der Waals surface area contributed by atoms with Crippen LogP contribution in [0.1, 0.15) is 27.0 Å². The molecule has 8 heteroatoms. The Labute approximate surface area is 208 Å². The Hall–Kier alpha value is -4.69. The second-order valence-electron chi connectivity index (χ2n) is 8.33. The summed E-state index contributed by atoms with van der Waals surface area (Å²) in [6, 6.07) is 21.0. The Morgan fingerprint density at radius 3 is 2.44 bits per heavy atom. The molecular weight excluding hydrogens is 456 g/mol. The molecule has 0 saturated carbocycles. The molecule has 0 saturated heterocycles. The third-order valence-corrected chi connectivity index (χ3v) is 5.83. The minimum absolute atomic E-state index is 0.296. The van der Waals surface area contributed by atoms with E-state index in [-0.39, 0.29) is 5.91 Å². The normalized spacial score (nSPS) is 11.8. The van der Waals surface area contributed by atoms with Gasteiger partial charge in [0, 0.05) is 40.8 Å². The predicted octanol–water partition coefficient (Wildman–Crippen LogP) is 3.97. The summed E-state index contributed by atoms with van der Waals surface area (Å²) < 4.78 is 0. The van der Waals surface area contributed by atoms with Crippen molar-refractivity contribution < 1.29 is 19.6 Å². The number of carbonyl (C=O) groups excluding carboxylic acids is 3. The molecule has 0 aliphatic carbocycles. The molecule has 0 bridgehead atoms. The third kappa shape index (κ3) is 5.86. The van der Waals surface area contributed by atoms with Crippen LogP contribution in [0, 0.1) is 6.92 Å². The topological polar surface area (TPSA) is 123 Å². The molecule has 1 atom stereocenters. The first-order chi connectivity index (χ1) is 17.4. The van der Waals surface area contributed by atoms with Crippen molar-refractivity contribution in [1.29, 1.82) is 0 Å². The molecule has 4 rings (SSSR count). The second kappa shape index (κ2) is 11.2. The van der Waals surface area contributed by atoms with Crippen molar-refractivity contribution in [2.24, 2.45) is 0 Å². The van der Waals surface area contributed by atoms with E-state index in [1.165, 1.54) is 17.6 Å². The van der Waals surface area contributed by atoms with Crippen molar-refractivity contribution in [2.45, 2.75) is 19.4 Å². The van der Waals surface area contributed by atoms with E-state index in [0.717, 1.165) is 22.0 Å². The number of benzene rings is 3.